The van der Waals surface area contributed by atoms with Crippen LogP contribution in [0.15, 0.2) is 29.6 Å². The molecule has 1 saturated carbocycles. The fourth-order valence-electron chi connectivity index (χ4n) is 3.79. The Balaban J connectivity index is 1.40. The zero-order valence-electron chi connectivity index (χ0n) is 17.7. The number of hydrogen-bond donors (Lipinski definition) is 3. The van der Waals surface area contributed by atoms with Crippen LogP contribution in [0.1, 0.15) is 30.1 Å². The van der Waals surface area contributed by atoms with Crippen molar-refractivity contribution in [3.8, 4) is 0 Å². The molecule has 0 spiro atoms. The Hall–Kier alpha value is -2.91. The van der Waals surface area contributed by atoms with Crippen molar-refractivity contribution in [2.75, 3.05) is 48.8 Å². The van der Waals surface area contributed by atoms with Crippen LogP contribution in [-0.4, -0.2) is 64.7 Å². The molecule has 2 fully saturated rings. The van der Waals surface area contributed by atoms with E-state index in [0.717, 1.165) is 44.7 Å². The first-order valence-electron chi connectivity index (χ1n) is 10.5. The largest absolute Gasteiger partial charge is 0.478 e. The summed E-state index contributed by atoms with van der Waals surface area (Å²) in [7, 11) is 2.15. The molecule has 2 aliphatic rings. The molecular formula is C22H26N6O2S. The Labute approximate surface area is 184 Å². The van der Waals surface area contributed by atoms with Crippen LogP contribution in [0.2, 0.25) is 0 Å². The van der Waals surface area contributed by atoms with E-state index in [4.69, 9.17) is 0 Å². The Morgan fingerprint density at radius 2 is 1.84 bits per heavy atom. The maximum absolute atomic E-state index is 11.7. The average molecular weight is 439 g/mol. The van der Waals surface area contributed by atoms with E-state index < -0.39 is 5.97 Å². The minimum absolute atomic E-state index is 0.0274. The van der Waals surface area contributed by atoms with Gasteiger partial charge >= 0.3 is 5.97 Å². The Bertz CT molecular complexity index is 1120. The number of aromatic nitrogens is 2. The van der Waals surface area contributed by atoms with E-state index in [1.807, 2.05) is 12.1 Å². The lowest BCUT2D eigenvalue weighted by Gasteiger charge is -2.34. The van der Waals surface area contributed by atoms with Crippen molar-refractivity contribution in [1.29, 1.82) is 0 Å². The van der Waals surface area contributed by atoms with E-state index in [1.165, 1.54) is 17.0 Å². The molecule has 1 aromatic carbocycles. The molecule has 1 aliphatic heterocycles. The quantitative estimate of drug-likeness (QED) is 0.534. The molecule has 8 nitrogen and oxygen atoms in total. The van der Waals surface area contributed by atoms with Gasteiger partial charge in [0.15, 0.2) is 0 Å². The summed E-state index contributed by atoms with van der Waals surface area (Å²) in [6.07, 6.45) is 2.09. The molecule has 5 rings (SSSR count). The molecule has 0 radical (unpaired) electrons. The molecule has 1 aliphatic carbocycles. The second-order valence-electron chi connectivity index (χ2n) is 8.68. The van der Waals surface area contributed by atoms with Gasteiger partial charge in [-0.1, -0.05) is 0 Å². The van der Waals surface area contributed by atoms with Crippen molar-refractivity contribution >= 4 is 50.7 Å². The molecule has 0 unspecified atom stereocenters. The fraction of sp³-hybridized carbons (Fsp3) is 0.409. The fourth-order valence-corrected chi connectivity index (χ4v) is 4.71. The lowest BCUT2D eigenvalue weighted by atomic mass is 10.2. The molecular weight excluding hydrogens is 412 g/mol. The minimum Gasteiger partial charge on any atom is -0.478 e. The highest BCUT2D eigenvalue weighted by Crippen LogP contribution is 2.41. The predicted molar refractivity (Wildman–Crippen MR) is 125 cm³/mol. The second-order valence-corrected chi connectivity index (χ2v) is 9.54. The van der Waals surface area contributed by atoms with Gasteiger partial charge in [-0.3, -0.25) is 0 Å². The smallest absolute Gasteiger partial charge is 0.337 e. The zero-order chi connectivity index (χ0) is 21.6. The molecule has 3 N–H and O–H groups in total. The standard InChI is InChI=1S/C22H26N6O2S/c1-22(7-8-22)26-18-17-16(20(29)30)13-31-19(17)25-21(24-18)23-14-3-5-15(6-4-14)28-11-9-27(2)10-12-28/h3-6,13H,7-12H2,1-2H3,(H,29,30)(H2,23,24,25,26). The van der Waals surface area contributed by atoms with Crippen molar-refractivity contribution in [1.82, 2.24) is 14.9 Å². The number of carbonyl (C=O) groups is 1. The van der Waals surface area contributed by atoms with Gasteiger partial charge in [-0.25, -0.2) is 9.78 Å². The highest BCUT2D eigenvalue weighted by molar-refractivity contribution is 7.17. The average Bonchev–Trinajstić information content (AvgIpc) is 3.30. The monoisotopic (exact) mass is 438 g/mol. The highest BCUT2D eigenvalue weighted by Gasteiger charge is 2.38. The molecule has 3 heterocycles. The summed E-state index contributed by atoms with van der Waals surface area (Å²) < 4.78 is 0. The summed E-state index contributed by atoms with van der Waals surface area (Å²) in [4.78, 5) is 26.3. The van der Waals surface area contributed by atoms with Crippen molar-refractivity contribution in [2.24, 2.45) is 0 Å². The summed E-state index contributed by atoms with van der Waals surface area (Å²) >= 11 is 1.33. The van der Waals surface area contributed by atoms with Crippen LogP contribution in [0.4, 0.5) is 23.1 Å². The molecule has 3 aromatic rings. The lowest BCUT2D eigenvalue weighted by molar-refractivity contribution is 0.0699. The summed E-state index contributed by atoms with van der Waals surface area (Å²) in [6, 6.07) is 8.30. The molecule has 1 saturated heterocycles. The number of nitrogens with one attached hydrogen (secondary N) is 2. The van der Waals surface area contributed by atoms with Crippen molar-refractivity contribution in [3.05, 3.63) is 35.2 Å². The van der Waals surface area contributed by atoms with Gasteiger partial charge in [0.25, 0.3) is 0 Å². The van der Waals surface area contributed by atoms with Gasteiger partial charge in [0.05, 0.1) is 10.9 Å². The summed E-state index contributed by atoms with van der Waals surface area (Å²) in [5.41, 5.74) is 2.33. The SMILES string of the molecule is CN1CCN(c2ccc(Nc3nc(NC4(C)CC4)c4c(C(=O)O)csc4n3)cc2)CC1. The van der Waals surface area contributed by atoms with Crippen LogP contribution in [0.25, 0.3) is 10.2 Å². The first-order chi connectivity index (χ1) is 14.9. The summed E-state index contributed by atoms with van der Waals surface area (Å²) in [5, 5.41) is 18.5. The number of hydrogen-bond acceptors (Lipinski definition) is 8. The van der Waals surface area contributed by atoms with Gasteiger partial charge in [-0.2, -0.15) is 4.98 Å². The van der Waals surface area contributed by atoms with Gasteiger partial charge in [0.2, 0.25) is 5.95 Å². The van der Waals surface area contributed by atoms with Gasteiger partial charge in [-0.05, 0) is 51.1 Å². The van der Waals surface area contributed by atoms with Crippen LogP contribution in [0.5, 0.6) is 0 Å². The summed E-state index contributed by atoms with van der Waals surface area (Å²) in [6.45, 7) is 6.32. The number of rotatable bonds is 6. The minimum atomic E-state index is -0.959. The van der Waals surface area contributed by atoms with Crippen molar-refractivity contribution in [3.63, 3.8) is 0 Å². The molecule has 31 heavy (non-hydrogen) atoms. The first kappa shape index (κ1) is 20.0. The first-order valence-corrected chi connectivity index (χ1v) is 11.4. The highest BCUT2D eigenvalue weighted by atomic mass is 32.1. The van der Waals surface area contributed by atoms with Crippen LogP contribution in [0.3, 0.4) is 0 Å². The molecule has 9 heteroatoms. The van der Waals surface area contributed by atoms with E-state index in [-0.39, 0.29) is 11.1 Å². The number of thiophene rings is 1. The number of fused-ring (bicyclic) bond motifs is 1. The third-order valence-corrected chi connectivity index (χ3v) is 6.95. The number of nitrogens with zero attached hydrogens (tertiary/aromatic N) is 4. The third-order valence-electron chi connectivity index (χ3n) is 6.08. The number of aromatic carboxylic acids is 1. The van der Waals surface area contributed by atoms with Gasteiger partial charge < -0.3 is 25.5 Å². The van der Waals surface area contributed by atoms with E-state index in [0.29, 0.717) is 22.0 Å². The predicted octanol–water partition coefficient (Wildman–Crippen LogP) is 3.85. The Morgan fingerprint density at radius 3 is 2.48 bits per heavy atom. The normalized spacial score (nSPS) is 18.2. The van der Waals surface area contributed by atoms with Crippen molar-refractivity contribution in [2.45, 2.75) is 25.3 Å². The van der Waals surface area contributed by atoms with Crippen molar-refractivity contribution < 1.29 is 9.90 Å². The van der Waals surface area contributed by atoms with Gasteiger partial charge in [0.1, 0.15) is 10.6 Å². The van der Waals surface area contributed by atoms with Crippen LogP contribution in [0, 0.1) is 0 Å². The maximum Gasteiger partial charge on any atom is 0.337 e. The topological polar surface area (TPSA) is 93.6 Å². The second kappa shape index (κ2) is 7.65. The number of benzene rings is 1. The molecule has 0 amide bonds. The number of carboxylic acid groups (broad SMARTS) is 1. The molecule has 0 atom stereocenters. The van der Waals surface area contributed by atoms with Crippen LogP contribution < -0.4 is 15.5 Å². The van der Waals surface area contributed by atoms with Crippen LogP contribution in [-0.2, 0) is 0 Å². The maximum atomic E-state index is 11.7. The number of likely N-dealkylation sites (N-methyl/N-ethyl adjacent to an activating group) is 1. The van der Waals surface area contributed by atoms with E-state index in [2.05, 4.69) is 56.5 Å². The third kappa shape index (κ3) is 4.15. The molecule has 162 valence electrons. The van der Waals surface area contributed by atoms with E-state index in [9.17, 15) is 9.90 Å². The Morgan fingerprint density at radius 1 is 1.13 bits per heavy atom. The summed E-state index contributed by atoms with van der Waals surface area (Å²) in [5.74, 6) is 0.0876. The van der Waals surface area contributed by atoms with Crippen LogP contribution >= 0.6 is 11.3 Å². The number of carboxylic acids is 1. The lowest BCUT2D eigenvalue weighted by Crippen LogP contribution is -2.44. The van der Waals surface area contributed by atoms with E-state index in [1.54, 1.807) is 5.38 Å². The number of piperazine rings is 1. The van der Waals surface area contributed by atoms with E-state index >= 15 is 0 Å². The molecule has 0 bridgehead atoms. The number of anilines is 4. The zero-order valence-corrected chi connectivity index (χ0v) is 18.5. The Kier molecular flexibility index (Phi) is 4.94. The van der Waals surface area contributed by atoms with Gasteiger partial charge in [-0.15, -0.1) is 11.3 Å². The molecule has 2 aromatic heterocycles. The van der Waals surface area contributed by atoms with Gasteiger partial charge in [0, 0.05) is 48.5 Å².